The Morgan fingerprint density at radius 1 is 0.786 bits per heavy atom. The lowest BCUT2D eigenvalue weighted by Crippen LogP contribution is -2.30. The number of hydrogen-bond acceptors (Lipinski definition) is 4. The zero-order valence-electron chi connectivity index (χ0n) is 21.7. The molecule has 0 aliphatic carbocycles. The molecule has 0 aliphatic heterocycles. The average molecular weight is 655 g/mol. The first-order chi connectivity index (χ1) is 20.1. The second-order valence-electron chi connectivity index (χ2n) is 8.79. The van der Waals surface area contributed by atoms with Gasteiger partial charge >= 0.3 is 6.18 Å². The first kappa shape index (κ1) is 30.6. The zero-order chi connectivity index (χ0) is 30.1. The fourth-order valence-corrected chi connectivity index (χ4v) is 4.64. The molecule has 3 amide bonds. The molecule has 0 atom stereocenters. The van der Waals surface area contributed by atoms with E-state index in [0.29, 0.717) is 21.7 Å². The van der Waals surface area contributed by atoms with Crippen LogP contribution >= 0.6 is 27.7 Å². The van der Waals surface area contributed by atoms with Gasteiger partial charge in [0.2, 0.25) is 5.91 Å². The van der Waals surface area contributed by atoms with Crippen LogP contribution in [0.3, 0.4) is 0 Å². The Morgan fingerprint density at radius 2 is 1.43 bits per heavy atom. The van der Waals surface area contributed by atoms with E-state index in [2.05, 4.69) is 31.9 Å². The highest BCUT2D eigenvalue weighted by Crippen LogP contribution is 2.34. The van der Waals surface area contributed by atoms with E-state index in [1.807, 2.05) is 12.1 Å². The number of rotatable bonds is 9. The summed E-state index contributed by atoms with van der Waals surface area (Å²) in [7, 11) is 0. The molecular weight excluding hydrogens is 631 g/mol. The van der Waals surface area contributed by atoms with E-state index in [-0.39, 0.29) is 17.1 Å². The molecule has 0 fully saturated rings. The maximum Gasteiger partial charge on any atom is 0.418 e. The van der Waals surface area contributed by atoms with Crippen molar-refractivity contribution in [3.8, 4) is 0 Å². The number of hydrogen-bond donors (Lipinski definition) is 3. The summed E-state index contributed by atoms with van der Waals surface area (Å²) < 4.78 is 40.4. The van der Waals surface area contributed by atoms with Crippen molar-refractivity contribution in [3.63, 3.8) is 0 Å². The van der Waals surface area contributed by atoms with E-state index in [1.54, 1.807) is 72.8 Å². The van der Waals surface area contributed by atoms with Gasteiger partial charge in [-0.05, 0) is 72.3 Å². The lowest BCUT2D eigenvalue weighted by atomic mass is 10.1. The molecule has 4 rings (SSSR count). The van der Waals surface area contributed by atoms with E-state index in [9.17, 15) is 27.6 Å². The first-order valence-corrected chi connectivity index (χ1v) is 14.2. The van der Waals surface area contributed by atoms with Gasteiger partial charge in [-0.2, -0.15) is 13.2 Å². The zero-order valence-corrected chi connectivity index (χ0v) is 24.1. The molecule has 0 spiro atoms. The summed E-state index contributed by atoms with van der Waals surface area (Å²) in [6.07, 6.45) is -3.03. The van der Waals surface area contributed by atoms with Gasteiger partial charge in [-0.15, -0.1) is 11.8 Å². The van der Waals surface area contributed by atoms with E-state index in [0.717, 1.165) is 22.3 Å². The maximum absolute atomic E-state index is 13.2. The highest BCUT2D eigenvalue weighted by atomic mass is 79.9. The van der Waals surface area contributed by atoms with Gasteiger partial charge < -0.3 is 16.0 Å². The third-order valence-corrected chi connectivity index (χ3v) is 7.24. The molecule has 4 aromatic carbocycles. The lowest BCUT2D eigenvalue weighted by Gasteiger charge is -2.13. The molecule has 0 bridgehead atoms. The van der Waals surface area contributed by atoms with Crippen molar-refractivity contribution in [2.75, 3.05) is 16.4 Å². The summed E-state index contributed by atoms with van der Waals surface area (Å²) >= 11 is 4.50. The number of thioether (sulfide) groups is 1. The van der Waals surface area contributed by atoms with Crippen LogP contribution in [0.1, 0.15) is 21.5 Å². The van der Waals surface area contributed by atoms with Crippen LogP contribution in [0.25, 0.3) is 6.08 Å². The Kier molecular flexibility index (Phi) is 10.2. The van der Waals surface area contributed by atoms with E-state index in [1.165, 1.54) is 18.2 Å². The number of halogens is 4. The summed E-state index contributed by atoms with van der Waals surface area (Å²) in [5, 5.41) is 7.73. The Balaban J connectivity index is 1.40. The molecule has 214 valence electrons. The first-order valence-electron chi connectivity index (χ1n) is 12.4. The molecule has 0 unspecified atom stereocenters. The van der Waals surface area contributed by atoms with Crippen LogP contribution in [0.5, 0.6) is 0 Å². The van der Waals surface area contributed by atoms with Crippen molar-refractivity contribution < 1.29 is 27.6 Å². The summed E-state index contributed by atoms with van der Waals surface area (Å²) in [6.45, 7) is 0. The number of para-hydroxylation sites is 1. The second kappa shape index (κ2) is 14.0. The number of carbonyl (C=O) groups is 3. The standard InChI is InChI=1S/C31H23BrF3N3O3S/c32-22-12-10-20(11-13-22)18-27(38-29(40)21-6-2-1-3-7-21)30(41)36-23-14-16-24(17-15-23)42-19-28(39)37-26-9-5-4-8-25(26)31(33,34)35/h1-18H,19H2,(H,36,41)(H,37,39)(H,38,40)/b27-18-. The van der Waals surface area contributed by atoms with Crippen molar-refractivity contribution in [1.82, 2.24) is 5.32 Å². The maximum atomic E-state index is 13.2. The third kappa shape index (κ3) is 8.82. The van der Waals surface area contributed by atoms with Crippen LogP contribution in [0.15, 0.2) is 118 Å². The van der Waals surface area contributed by atoms with Gasteiger partial charge in [-0.1, -0.05) is 58.4 Å². The van der Waals surface area contributed by atoms with Crippen molar-refractivity contribution in [2.24, 2.45) is 0 Å². The highest BCUT2D eigenvalue weighted by molar-refractivity contribution is 9.10. The smallest absolute Gasteiger partial charge is 0.325 e. The normalized spacial score (nSPS) is 11.5. The Labute approximate surface area is 252 Å². The number of benzene rings is 4. The quantitative estimate of drug-likeness (QED) is 0.128. The van der Waals surface area contributed by atoms with E-state index < -0.39 is 29.5 Å². The molecule has 0 saturated carbocycles. The minimum absolute atomic E-state index is 0.0282. The summed E-state index contributed by atoms with van der Waals surface area (Å²) in [5.74, 6) is -1.71. The number of anilines is 2. The van der Waals surface area contributed by atoms with Gasteiger partial charge in [0.15, 0.2) is 0 Å². The SMILES string of the molecule is O=C(CSc1ccc(NC(=O)/C(=C/c2ccc(Br)cc2)NC(=O)c2ccccc2)cc1)Nc1ccccc1C(F)(F)F. The predicted octanol–water partition coefficient (Wildman–Crippen LogP) is 7.61. The third-order valence-electron chi connectivity index (χ3n) is 5.70. The van der Waals surface area contributed by atoms with Crippen LogP contribution in [-0.2, 0) is 15.8 Å². The molecule has 42 heavy (non-hydrogen) atoms. The van der Waals surface area contributed by atoms with Crippen LogP contribution in [0.4, 0.5) is 24.5 Å². The summed E-state index contributed by atoms with van der Waals surface area (Å²) in [5.41, 5.74) is 0.319. The molecule has 0 radical (unpaired) electrons. The van der Waals surface area contributed by atoms with Crippen molar-refractivity contribution in [3.05, 3.63) is 130 Å². The van der Waals surface area contributed by atoms with Crippen LogP contribution in [0, 0.1) is 0 Å². The Morgan fingerprint density at radius 3 is 2.10 bits per heavy atom. The van der Waals surface area contributed by atoms with Gasteiger partial charge in [0, 0.05) is 20.6 Å². The fraction of sp³-hybridized carbons (Fsp3) is 0.0645. The van der Waals surface area contributed by atoms with Crippen molar-refractivity contribution in [2.45, 2.75) is 11.1 Å². The highest BCUT2D eigenvalue weighted by Gasteiger charge is 2.33. The average Bonchev–Trinajstić information content (AvgIpc) is 2.97. The molecule has 4 aromatic rings. The molecule has 11 heteroatoms. The molecule has 0 saturated heterocycles. The minimum Gasteiger partial charge on any atom is -0.325 e. The topological polar surface area (TPSA) is 87.3 Å². The van der Waals surface area contributed by atoms with Crippen molar-refractivity contribution in [1.29, 1.82) is 0 Å². The van der Waals surface area contributed by atoms with E-state index in [4.69, 9.17) is 0 Å². The minimum atomic E-state index is -4.59. The van der Waals surface area contributed by atoms with Gasteiger partial charge in [0.1, 0.15) is 5.70 Å². The second-order valence-corrected chi connectivity index (χ2v) is 10.8. The van der Waals surface area contributed by atoms with Gasteiger partial charge in [-0.25, -0.2) is 0 Å². The molecule has 0 heterocycles. The van der Waals surface area contributed by atoms with Crippen LogP contribution in [-0.4, -0.2) is 23.5 Å². The molecule has 0 aliphatic rings. The van der Waals surface area contributed by atoms with Gasteiger partial charge in [0.05, 0.1) is 17.0 Å². The van der Waals surface area contributed by atoms with Crippen molar-refractivity contribution >= 4 is 62.9 Å². The largest absolute Gasteiger partial charge is 0.418 e. The number of carbonyl (C=O) groups excluding carboxylic acids is 3. The van der Waals surface area contributed by atoms with Gasteiger partial charge in [0.25, 0.3) is 11.8 Å². The number of amides is 3. The monoisotopic (exact) mass is 653 g/mol. The fourth-order valence-electron chi connectivity index (χ4n) is 3.68. The van der Waals surface area contributed by atoms with E-state index >= 15 is 0 Å². The number of alkyl halides is 3. The molecule has 0 aromatic heterocycles. The van der Waals surface area contributed by atoms with Gasteiger partial charge in [-0.3, -0.25) is 14.4 Å². The Hall–Kier alpha value is -4.35. The predicted molar refractivity (Wildman–Crippen MR) is 162 cm³/mol. The Bertz CT molecular complexity index is 1590. The molecular formula is C31H23BrF3N3O3S. The van der Waals surface area contributed by atoms with Crippen LogP contribution < -0.4 is 16.0 Å². The number of nitrogens with one attached hydrogen (secondary N) is 3. The van der Waals surface area contributed by atoms with Crippen LogP contribution in [0.2, 0.25) is 0 Å². The molecule has 6 nitrogen and oxygen atoms in total. The summed E-state index contributed by atoms with van der Waals surface area (Å²) in [4.78, 5) is 38.9. The summed E-state index contributed by atoms with van der Waals surface area (Å²) in [6, 6.07) is 27.0. The lowest BCUT2D eigenvalue weighted by molar-refractivity contribution is -0.137. The molecule has 3 N–H and O–H groups in total.